The number of nitrogens with one attached hydrogen (secondary N) is 1. The van der Waals surface area contributed by atoms with Gasteiger partial charge < -0.3 is 5.32 Å². The molecule has 0 saturated carbocycles. The minimum Gasteiger partial charge on any atom is -0.324 e. The average molecular weight is 468 g/mol. The van der Waals surface area contributed by atoms with E-state index in [0.29, 0.717) is 13.1 Å². The third-order valence-electron chi connectivity index (χ3n) is 5.90. The maximum atomic E-state index is 13.5. The molecule has 1 N–H and O–H groups in total. The van der Waals surface area contributed by atoms with Gasteiger partial charge in [0.2, 0.25) is 15.9 Å². The third-order valence-corrected chi connectivity index (χ3v) is 7.80. The van der Waals surface area contributed by atoms with E-state index in [1.807, 2.05) is 66.4 Å². The molecule has 1 fully saturated rings. The fourth-order valence-corrected chi connectivity index (χ4v) is 5.43. The molecule has 3 aromatic rings. The molecular formula is C25H26FN3O3S. The second kappa shape index (κ2) is 9.82. The SMILES string of the molecule is C[C@H](C(=O)Nc1ccccc1-c1ccccc1)N1CCN(S(=O)(=O)c2cccc(F)c2)CC1. The summed E-state index contributed by atoms with van der Waals surface area (Å²) in [7, 11) is -3.77. The molecule has 8 heteroatoms. The van der Waals surface area contributed by atoms with Crippen molar-refractivity contribution in [3.8, 4) is 11.1 Å². The summed E-state index contributed by atoms with van der Waals surface area (Å²) in [6.45, 7) is 3.10. The van der Waals surface area contributed by atoms with E-state index in [9.17, 15) is 17.6 Å². The Morgan fingerprint density at radius 3 is 2.27 bits per heavy atom. The highest BCUT2D eigenvalue weighted by Gasteiger charge is 2.32. The number of piperazine rings is 1. The Morgan fingerprint density at radius 2 is 1.58 bits per heavy atom. The molecule has 1 saturated heterocycles. The van der Waals surface area contributed by atoms with Gasteiger partial charge in [-0.1, -0.05) is 54.6 Å². The summed E-state index contributed by atoms with van der Waals surface area (Å²) >= 11 is 0. The number of para-hydroxylation sites is 1. The summed E-state index contributed by atoms with van der Waals surface area (Å²) in [6.07, 6.45) is 0. The molecule has 1 aliphatic rings. The van der Waals surface area contributed by atoms with Gasteiger partial charge in [0.15, 0.2) is 0 Å². The minimum atomic E-state index is -3.77. The highest BCUT2D eigenvalue weighted by molar-refractivity contribution is 7.89. The van der Waals surface area contributed by atoms with Gasteiger partial charge >= 0.3 is 0 Å². The number of rotatable bonds is 6. The molecule has 0 unspecified atom stereocenters. The molecule has 1 aliphatic heterocycles. The molecule has 0 bridgehead atoms. The first kappa shape index (κ1) is 23.1. The molecule has 0 aliphatic carbocycles. The number of hydrogen-bond donors (Lipinski definition) is 1. The van der Waals surface area contributed by atoms with Crippen molar-refractivity contribution in [1.29, 1.82) is 0 Å². The highest BCUT2D eigenvalue weighted by atomic mass is 32.2. The molecule has 1 heterocycles. The van der Waals surface area contributed by atoms with Crippen LogP contribution < -0.4 is 5.32 Å². The van der Waals surface area contributed by atoms with Crippen LogP contribution >= 0.6 is 0 Å². The summed E-state index contributed by atoms with van der Waals surface area (Å²) in [5.74, 6) is -0.740. The van der Waals surface area contributed by atoms with E-state index in [1.165, 1.54) is 22.5 Å². The smallest absolute Gasteiger partial charge is 0.243 e. The van der Waals surface area contributed by atoms with E-state index < -0.39 is 21.9 Å². The summed E-state index contributed by atoms with van der Waals surface area (Å²) in [5, 5.41) is 3.03. The number of anilines is 1. The molecule has 172 valence electrons. The molecule has 0 radical (unpaired) electrons. The van der Waals surface area contributed by atoms with Crippen LogP contribution in [0.3, 0.4) is 0 Å². The van der Waals surface area contributed by atoms with Crippen molar-refractivity contribution in [1.82, 2.24) is 9.21 Å². The van der Waals surface area contributed by atoms with Crippen molar-refractivity contribution in [2.24, 2.45) is 0 Å². The topological polar surface area (TPSA) is 69.7 Å². The zero-order valence-corrected chi connectivity index (χ0v) is 19.1. The minimum absolute atomic E-state index is 0.0562. The van der Waals surface area contributed by atoms with E-state index in [-0.39, 0.29) is 23.9 Å². The van der Waals surface area contributed by atoms with Gasteiger partial charge in [0.25, 0.3) is 0 Å². The summed E-state index contributed by atoms with van der Waals surface area (Å²) < 4.78 is 40.5. The van der Waals surface area contributed by atoms with E-state index >= 15 is 0 Å². The first-order chi connectivity index (χ1) is 15.9. The second-order valence-corrected chi connectivity index (χ2v) is 9.91. The van der Waals surface area contributed by atoms with Crippen LogP contribution in [-0.4, -0.2) is 55.8 Å². The van der Waals surface area contributed by atoms with Gasteiger partial charge in [-0.3, -0.25) is 9.69 Å². The second-order valence-electron chi connectivity index (χ2n) is 7.97. The monoisotopic (exact) mass is 467 g/mol. The first-order valence-corrected chi connectivity index (χ1v) is 12.3. The van der Waals surface area contributed by atoms with Crippen LogP contribution in [-0.2, 0) is 14.8 Å². The van der Waals surface area contributed by atoms with Crippen LogP contribution in [0.15, 0.2) is 83.8 Å². The van der Waals surface area contributed by atoms with Gasteiger partial charge in [0, 0.05) is 37.4 Å². The average Bonchev–Trinajstić information content (AvgIpc) is 2.84. The number of benzene rings is 3. The quantitative estimate of drug-likeness (QED) is 0.598. The Bertz CT molecular complexity index is 1230. The fraction of sp³-hybridized carbons (Fsp3) is 0.240. The van der Waals surface area contributed by atoms with Crippen LogP contribution in [0.2, 0.25) is 0 Å². The van der Waals surface area contributed by atoms with Crippen LogP contribution in [0.1, 0.15) is 6.92 Å². The number of amides is 1. The molecule has 6 nitrogen and oxygen atoms in total. The Balaban J connectivity index is 1.41. The lowest BCUT2D eigenvalue weighted by molar-refractivity contribution is -0.121. The largest absolute Gasteiger partial charge is 0.324 e. The Morgan fingerprint density at radius 1 is 0.909 bits per heavy atom. The lowest BCUT2D eigenvalue weighted by Gasteiger charge is -2.36. The van der Waals surface area contributed by atoms with E-state index in [4.69, 9.17) is 0 Å². The number of sulfonamides is 1. The van der Waals surface area contributed by atoms with Gasteiger partial charge in [0.05, 0.1) is 10.9 Å². The molecule has 3 aromatic carbocycles. The lowest BCUT2D eigenvalue weighted by atomic mass is 10.0. The van der Waals surface area contributed by atoms with E-state index in [0.717, 1.165) is 22.9 Å². The van der Waals surface area contributed by atoms with Crippen LogP contribution in [0.5, 0.6) is 0 Å². The third kappa shape index (κ3) is 5.13. The lowest BCUT2D eigenvalue weighted by Crippen LogP contribution is -2.53. The van der Waals surface area contributed by atoms with Crippen molar-refractivity contribution in [2.75, 3.05) is 31.5 Å². The standard InChI is InChI=1S/C25H26FN3O3S/c1-19(25(30)27-24-13-6-5-12-23(24)20-8-3-2-4-9-20)28-14-16-29(17-15-28)33(31,32)22-11-7-10-21(26)18-22/h2-13,18-19H,14-17H2,1H3,(H,27,30)/t19-/m1/s1. The molecule has 33 heavy (non-hydrogen) atoms. The van der Waals surface area contributed by atoms with Crippen molar-refractivity contribution in [3.63, 3.8) is 0 Å². The predicted molar refractivity (Wildman–Crippen MR) is 127 cm³/mol. The van der Waals surface area contributed by atoms with Gasteiger partial charge in [-0.2, -0.15) is 4.31 Å². The molecule has 4 rings (SSSR count). The zero-order chi connectivity index (χ0) is 23.4. The van der Waals surface area contributed by atoms with Crippen LogP contribution in [0.4, 0.5) is 10.1 Å². The number of carbonyl (C=O) groups excluding carboxylic acids is 1. The summed E-state index contributed by atoms with van der Waals surface area (Å²) in [6, 6.07) is 22.1. The molecule has 0 spiro atoms. The maximum absolute atomic E-state index is 13.5. The van der Waals surface area contributed by atoms with Gasteiger partial charge in [-0.15, -0.1) is 0 Å². The van der Waals surface area contributed by atoms with Gasteiger partial charge in [-0.05, 0) is 36.8 Å². The van der Waals surface area contributed by atoms with Crippen molar-refractivity contribution >= 4 is 21.6 Å². The van der Waals surface area contributed by atoms with Gasteiger partial charge in [-0.25, -0.2) is 12.8 Å². The Labute approximate surface area is 193 Å². The number of nitrogens with zero attached hydrogens (tertiary/aromatic N) is 2. The predicted octanol–water partition coefficient (Wildman–Crippen LogP) is 3.83. The molecule has 1 amide bonds. The first-order valence-electron chi connectivity index (χ1n) is 10.8. The fourth-order valence-electron chi connectivity index (χ4n) is 3.97. The normalized spacial score (nSPS) is 16.3. The molecular weight excluding hydrogens is 441 g/mol. The Hall–Kier alpha value is -3.07. The summed E-state index contributed by atoms with van der Waals surface area (Å²) in [5.41, 5.74) is 2.68. The van der Waals surface area contributed by atoms with E-state index in [2.05, 4.69) is 5.32 Å². The van der Waals surface area contributed by atoms with Gasteiger partial charge in [0.1, 0.15) is 5.82 Å². The highest BCUT2D eigenvalue weighted by Crippen LogP contribution is 2.28. The van der Waals surface area contributed by atoms with Crippen molar-refractivity contribution in [2.45, 2.75) is 17.9 Å². The van der Waals surface area contributed by atoms with Crippen LogP contribution in [0.25, 0.3) is 11.1 Å². The maximum Gasteiger partial charge on any atom is 0.243 e. The summed E-state index contributed by atoms with van der Waals surface area (Å²) in [4.78, 5) is 14.9. The number of carbonyl (C=O) groups is 1. The number of halogens is 1. The van der Waals surface area contributed by atoms with E-state index in [1.54, 1.807) is 0 Å². The van der Waals surface area contributed by atoms with Crippen molar-refractivity contribution < 1.29 is 17.6 Å². The van der Waals surface area contributed by atoms with Crippen LogP contribution in [0, 0.1) is 5.82 Å². The van der Waals surface area contributed by atoms with Crippen molar-refractivity contribution in [3.05, 3.63) is 84.7 Å². The number of hydrogen-bond acceptors (Lipinski definition) is 4. The molecule has 1 atom stereocenters. The molecule has 0 aromatic heterocycles. The Kier molecular flexibility index (Phi) is 6.88. The zero-order valence-electron chi connectivity index (χ0n) is 18.3.